The minimum Gasteiger partial charge on any atom is -0.466 e. The fourth-order valence-electron chi connectivity index (χ4n) is 3.71. The summed E-state index contributed by atoms with van der Waals surface area (Å²) in [7, 11) is 0. The number of anilines is 1. The van der Waals surface area contributed by atoms with Crippen molar-refractivity contribution in [3.8, 4) is 0 Å². The summed E-state index contributed by atoms with van der Waals surface area (Å²) in [6.07, 6.45) is 2.20. The Hall–Kier alpha value is -2.99. The van der Waals surface area contributed by atoms with E-state index in [1.807, 2.05) is 49.5 Å². The van der Waals surface area contributed by atoms with Gasteiger partial charge >= 0.3 is 5.97 Å². The van der Waals surface area contributed by atoms with Crippen LogP contribution in [0.1, 0.15) is 18.1 Å². The highest BCUT2D eigenvalue weighted by Gasteiger charge is 2.19. The normalized spacial score (nSPS) is 14.9. The molecular weight excluding hydrogens is 364 g/mol. The van der Waals surface area contributed by atoms with Crippen LogP contribution in [-0.2, 0) is 22.5 Å². The number of fused-ring (bicyclic) bond motifs is 1. The van der Waals surface area contributed by atoms with Crippen LogP contribution in [0.5, 0.6) is 0 Å². The number of ether oxygens (including phenoxy) is 1. The molecule has 6 heteroatoms. The lowest BCUT2D eigenvalue weighted by molar-refractivity contribution is -0.142. The van der Waals surface area contributed by atoms with Crippen molar-refractivity contribution in [2.45, 2.75) is 19.9 Å². The highest BCUT2D eigenvalue weighted by molar-refractivity contribution is 5.75. The predicted molar refractivity (Wildman–Crippen MR) is 114 cm³/mol. The zero-order valence-corrected chi connectivity index (χ0v) is 16.8. The summed E-state index contributed by atoms with van der Waals surface area (Å²) in [4.78, 5) is 25.8. The average molecular weight is 390 g/mol. The van der Waals surface area contributed by atoms with E-state index < -0.39 is 0 Å². The van der Waals surface area contributed by atoms with Crippen LogP contribution in [-0.4, -0.2) is 53.6 Å². The quantitative estimate of drug-likeness (QED) is 0.603. The number of aromatic nitrogens is 2. The lowest BCUT2D eigenvalue weighted by Crippen LogP contribution is -2.46. The van der Waals surface area contributed by atoms with Crippen LogP contribution in [0.2, 0.25) is 0 Å². The Balaban J connectivity index is 1.34. The first kappa shape index (κ1) is 19.3. The second kappa shape index (κ2) is 9.01. The summed E-state index contributed by atoms with van der Waals surface area (Å²) in [6, 6.07) is 16.2. The first-order valence-corrected chi connectivity index (χ1v) is 10.1. The van der Waals surface area contributed by atoms with Gasteiger partial charge in [-0.2, -0.15) is 0 Å². The van der Waals surface area contributed by atoms with Crippen LogP contribution in [0.3, 0.4) is 0 Å². The number of hydrogen-bond acceptors (Lipinski definition) is 6. The third-order valence-electron chi connectivity index (χ3n) is 5.18. The van der Waals surface area contributed by atoms with E-state index in [0.29, 0.717) is 13.0 Å². The molecule has 0 N–H and O–H groups in total. The largest absolute Gasteiger partial charge is 0.466 e. The maximum Gasteiger partial charge on any atom is 0.310 e. The molecule has 1 aromatic heterocycles. The summed E-state index contributed by atoms with van der Waals surface area (Å²) >= 11 is 0. The summed E-state index contributed by atoms with van der Waals surface area (Å²) < 4.78 is 5.05. The Morgan fingerprint density at radius 1 is 1.00 bits per heavy atom. The van der Waals surface area contributed by atoms with E-state index in [4.69, 9.17) is 9.72 Å². The second-order valence-electron chi connectivity index (χ2n) is 7.28. The minimum atomic E-state index is -0.172. The molecule has 0 radical (unpaired) electrons. The molecule has 0 aliphatic carbocycles. The number of carbonyl (C=O) groups is 1. The van der Waals surface area contributed by atoms with E-state index in [1.54, 1.807) is 0 Å². The summed E-state index contributed by atoms with van der Waals surface area (Å²) in [5.74, 6) is 0.773. The van der Waals surface area contributed by atoms with Crippen LogP contribution < -0.4 is 4.90 Å². The second-order valence-corrected chi connectivity index (χ2v) is 7.28. The molecule has 0 atom stereocenters. The minimum absolute atomic E-state index is 0.172. The molecule has 0 bridgehead atoms. The summed E-state index contributed by atoms with van der Waals surface area (Å²) in [5, 5.41) is 0. The first-order valence-electron chi connectivity index (χ1n) is 10.1. The lowest BCUT2D eigenvalue weighted by atomic mass is 10.1. The molecule has 3 aromatic rings. The molecule has 6 nitrogen and oxygen atoms in total. The molecule has 1 fully saturated rings. The van der Waals surface area contributed by atoms with E-state index in [2.05, 4.69) is 26.9 Å². The van der Waals surface area contributed by atoms with E-state index in [0.717, 1.165) is 55.1 Å². The van der Waals surface area contributed by atoms with E-state index in [9.17, 15) is 4.79 Å². The molecule has 1 aliphatic rings. The molecular formula is C23H26N4O2. The van der Waals surface area contributed by atoms with Crippen LogP contribution in [0.15, 0.2) is 54.7 Å². The van der Waals surface area contributed by atoms with Crippen molar-refractivity contribution in [2.75, 3.05) is 37.7 Å². The highest BCUT2D eigenvalue weighted by Crippen LogP contribution is 2.18. The molecule has 150 valence electrons. The molecule has 4 rings (SSSR count). The van der Waals surface area contributed by atoms with Crippen molar-refractivity contribution in [1.29, 1.82) is 0 Å². The number of para-hydroxylation sites is 2. The Kier molecular flexibility index (Phi) is 6.00. The zero-order chi connectivity index (χ0) is 20.1. The van der Waals surface area contributed by atoms with Crippen molar-refractivity contribution < 1.29 is 9.53 Å². The first-order chi connectivity index (χ1) is 14.2. The van der Waals surface area contributed by atoms with Gasteiger partial charge in [-0.05, 0) is 30.2 Å². The van der Waals surface area contributed by atoms with Gasteiger partial charge in [0.2, 0.25) is 0 Å². The molecule has 0 unspecified atom stereocenters. The molecule has 2 aromatic carbocycles. The fourth-order valence-corrected chi connectivity index (χ4v) is 3.71. The molecule has 0 spiro atoms. The number of carbonyl (C=O) groups excluding carboxylic acids is 1. The van der Waals surface area contributed by atoms with Crippen LogP contribution in [0, 0.1) is 0 Å². The van der Waals surface area contributed by atoms with Gasteiger partial charge in [0.15, 0.2) is 0 Å². The van der Waals surface area contributed by atoms with Gasteiger partial charge in [0, 0.05) is 32.7 Å². The summed E-state index contributed by atoms with van der Waals surface area (Å²) in [6.45, 7) is 6.92. The van der Waals surface area contributed by atoms with Crippen molar-refractivity contribution in [1.82, 2.24) is 14.9 Å². The Labute approximate surface area is 171 Å². The smallest absolute Gasteiger partial charge is 0.310 e. The average Bonchev–Trinajstić information content (AvgIpc) is 2.74. The topological polar surface area (TPSA) is 58.6 Å². The molecule has 0 saturated carbocycles. The number of rotatable bonds is 6. The molecule has 0 amide bonds. The van der Waals surface area contributed by atoms with Gasteiger partial charge in [-0.1, -0.05) is 36.4 Å². The third-order valence-corrected chi connectivity index (χ3v) is 5.18. The van der Waals surface area contributed by atoms with Gasteiger partial charge in [-0.3, -0.25) is 14.7 Å². The van der Waals surface area contributed by atoms with Gasteiger partial charge < -0.3 is 9.64 Å². The molecule has 1 saturated heterocycles. The van der Waals surface area contributed by atoms with Crippen molar-refractivity contribution >= 4 is 22.8 Å². The van der Waals surface area contributed by atoms with Crippen molar-refractivity contribution in [3.63, 3.8) is 0 Å². The Morgan fingerprint density at radius 3 is 2.55 bits per heavy atom. The van der Waals surface area contributed by atoms with Gasteiger partial charge in [0.25, 0.3) is 0 Å². The van der Waals surface area contributed by atoms with E-state index in [-0.39, 0.29) is 5.97 Å². The van der Waals surface area contributed by atoms with Crippen LogP contribution in [0.4, 0.5) is 5.82 Å². The summed E-state index contributed by atoms with van der Waals surface area (Å²) in [5.41, 5.74) is 4.10. The molecule has 2 heterocycles. The Morgan fingerprint density at radius 2 is 1.76 bits per heavy atom. The SMILES string of the molecule is CCOC(=O)Cc1cccc(CN2CCN(c3cnc4ccccc4n3)CC2)c1. The predicted octanol–water partition coefficient (Wildman–Crippen LogP) is 3.06. The maximum atomic E-state index is 11.7. The van der Waals surface area contributed by atoms with Gasteiger partial charge in [-0.15, -0.1) is 0 Å². The van der Waals surface area contributed by atoms with Crippen molar-refractivity contribution in [3.05, 3.63) is 65.9 Å². The number of hydrogen-bond donors (Lipinski definition) is 0. The van der Waals surface area contributed by atoms with Gasteiger partial charge in [0.1, 0.15) is 5.82 Å². The van der Waals surface area contributed by atoms with E-state index in [1.165, 1.54) is 5.56 Å². The highest BCUT2D eigenvalue weighted by atomic mass is 16.5. The number of piperazine rings is 1. The number of esters is 1. The van der Waals surface area contributed by atoms with E-state index >= 15 is 0 Å². The van der Waals surface area contributed by atoms with Gasteiger partial charge in [0.05, 0.1) is 30.3 Å². The monoisotopic (exact) mass is 390 g/mol. The zero-order valence-electron chi connectivity index (χ0n) is 16.8. The standard InChI is InChI=1S/C23H26N4O2/c1-2-29-23(28)15-18-6-5-7-19(14-18)17-26-10-12-27(13-11-26)22-16-24-20-8-3-4-9-21(20)25-22/h3-9,14,16H,2,10-13,15,17H2,1H3. The Bertz CT molecular complexity index is 983. The lowest BCUT2D eigenvalue weighted by Gasteiger charge is -2.35. The van der Waals surface area contributed by atoms with Gasteiger partial charge in [-0.25, -0.2) is 4.98 Å². The number of benzene rings is 2. The molecule has 1 aliphatic heterocycles. The number of nitrogens with zero attached hydrogens (tertiary/aromatic N) is 4. The van der Waals surface area contributed by atoms with Crippen LogP contribution in [0.25, 0.3) is 11.0 Å². The third kappa shape index (κ3) is 4.90. The maximum absolute atomic E-state index is 11.7. The molecule has 29 heavy (non-hydrogen) atoms. The van der Waals surface area contributed by atoms with Crippen LogP contribution >= 0.6 is 0 Å². The van der Waals surface area contributed by atoms with Crippen molar-refractivity contribution in [2.24, 2.45) is 0 Å². The fraction of sp³-hybridized carbons (Fsp3) is 0.348.